The highest BCUT2D eigenvalue weighted by Crippen LogP contribution is 2.22. The van der Waals surface area contributed by atoms with Crippen molar-refractivity contribution in [3.63, 3.8) is 0 Å². The number of carbonyl (C=O) groups is 1. The number of benzene rings is 1. The molecule has 0 aliphatic heterocycles. The molecule has 0 unspecified atom stereocenters. The Labute approximate surface area is 107 Å². The van der Waals surface area contributed by atoms with Gasteiger partial charge in [0.15, 0.2) is 5.78 Å². The van der Waals surface area contributed by atoms with Gasteiger partial charge >= 0.3 is 6.18 Å². The molecule has 0 amide bonds. The van der Waals surface area contributed by atoms with Crippen LogP contribution in [0.3, 0.4) is 0 Å². The molecule has 2 rings (SSSR count). The molecule has 1 aromatic heterocycles. The summed E-state index contributed by atoms with van der Waals surface area (Å²) < 4.78 is 37.5. The third-order valence-electron chi connectivity index (χ3n) is 2.56. The van der Waals surface area contributed by atoms with Crippen LogP contribution in [0.4, 0.5) is 13.2 Å². The molecule has 0 fully saturated rings. The van der Waals surface area contributed by atoms with E-state index in [0.717, 1.165) is 5.69 Å². The summed E-state index contributed by atoms with van der Waals surface area (Å²) in [5, 5.41) is 3.97. The molecule has 0 spiro atoms. The van der Waals surface area contributed by atoms with Gasteiger partial charge in [-0.05, 0) is 12.1 Å². The average molecular weight is 268 g/mol. The summed E-state index contributed by atoms with van der Waals surface area (Å²) in [6, 6.07) is 9.03. The van der Waals surface area contributed by atoms with E-state index in [0.29, 0.717) is 0 Å². The third-order valence-corrected chi connectivity index (χ3v) is 2.56. The molecule has 1 aromatic carbocycles. The Bertz CT molecular complexity index is 561. The average Bonchev–Trinajstić information content (AvgIpc) is 2.86. The van der Waals surface area contributed by atoms with Gasteiger partial charge in [0.05, 0.1) is 23.9 Å². The third kappa shape index (κ3) is 3.67. The summed E-state index contributed by atoms with van der Waals surface area (Å²) in [7, 11) is 0. The molecule has 0 aliphatic rings. The summed E-state index contributed by atoms with van der Waals surface area (Å²) >= 11 is 0. The van der Waals surface area contributed by atoms with E-state index in [4.69, 9.17) is 0 Å². The number of alkyl halides is 3. The molecule has 1 heterocycles. The van der Waals surface area contributed by atoms with Crippen molar-refractivity contribution in [3.05, 3.63) is 48.3 Å². The second-order valence-corrected chi connectivity index (χ2v) is 4.05. The molecule has 0 bridgehead atoms. The van der Waals surface area contributed by atoms with Crippen LogP contribution in [-0.4, -0.2) is 21.7 Å². The van der Waals surface area contributed by atoms with Gasteiger partial charge in [-0.1, -0.05) is 18.2 Å². The standard InChI is InChI=1S/C13H11F3N2O/c14-13(15,16)7-6-12(19)10-8-17-18(9-10)11-4-2-1-3-5-11/h1-5,8-9H,6-7H2. The molecule has 0 saturated heterocycles. The van der Waals surface area contributed by atoms with Gasteiger partial charge in [-0.25, -0.2) is 4.68 Å². The van der Waals surface area contributed by atoms with E-state index in [1.165, 1.54) is 17.1 Å². The van der Waals surface area contributed by atoms with Crippen LogP contribution in [-0.2, 0) is 0 Å². The van der Waals surface area contributed by atoms with E-state index >= 15 is 0 Å². The lowest BCUT2D eigenvalue weighted by Gasteiger charge is -2.03. The van der Waals surface area contributed by atoms with E-state index in [2.05, 4.69) is 5.10 Å². The normalized spacial score (nSPS) is 11.5. The maximum Gasteiger partial charge on any atom is 0.389 e. The molecule has 0 N–H and O–H groups in total. The summed E-state index contributed by atoms with van der Waals surface area (Å²) in [5.74, 6) is -0.556. The maximum atomic E-state index is 12.0. The molecule has 0 saturated carbocycles. The Kier molecular flexibility index (Phi) is 3.69. The summed E-state index contributed by atoms with van der Waals surface area (Å²) in [6.45, 7) is 0. The molecule has 3 nitrogen and oxygen atoms in total. The summed E-state index contributed by atoms with van der Waals surface area (Å²) in [6.07, 6.45) is -3.25. The number of ketones is 1. The highest BCUT2D eigenvalue weighted by Gasteiger charge is 2.28. The topological polar surface area (TPSA) is 34.9 Å². The highest BCUT2D eigenvalue weighted by atomic mass is 19.4. The van der Waals surface area contributed by atoms with Crippen LogP contribution in [0.25, 0.3) is 5.69 Å². The largest absolute Gasteiger partial charge is 0.389 e. The van der Waals surface area contributed by atoms with Gasteiger partial charge in [0, 0.05) is 12.6 Å². The number of halogens is 3. The van der Waals surface area contributed by atoms with Crippen LogP contribution in [0.2, 0.25) is 0 Å². The second kappa shape index (κ2) is 5.26. The van der Waals surface area contributed by atoms with Crippen LogP contribution in [0.1, 0.15) is 23.2 Å². The minimum absolute atomic E-state index is 0.188. The lowest BCUT2D eigenvalue weighted by molar-refractivity contribution is -0.133. The molecular weight excluding hydrogens is 257 g/mol. The van der Waals surface area contributed by atoms with Crippen LogP contribution >= 0.6 is 0 Å². The fourth-order valence-electron chi connectivity index (χ4n) is 1.59. The lowest BCUT2D eigenvalue weighted by atomic mass is 10.1. The summed E-state index contributed by atoms with van der Waals surface area (Å²) in [4.78, 5) is 11.6. The van der Waals surface area contributed by atoms with Crippen molar-refractivity contribution in [2.45, 2.75) is 19.0 Å². The maximum absolute atomic E-state index is 12.0. The molecule has 0 radical (unpaired) electrons. The monoisotopic (exact) mass is 268 g/mol. The predicted octanol–water partition coefficient (Wildman–Crippen LogP) is 3.40. The van der Waals surface area contributed by atoms with Crippen LogP contribution in [0.15, 0.2) is 42.7 Å². The fourth-order valence-corrected chi connectivity index (χ4v) is 1.59. The molecule has 0 aliphatic carbocycles. The molecule has 2 aromatic rings. The van der Waals surface area contributed by atoms with Gasteiger partial charge in [-0.15, -0.1) is 0 Å². The Morgan fingerprint density at radius 1 is 1.21 bits per heavy atom. The molecular formula is C13H11F3N2O. The number of Topliss-reactive ketones (excluding diaryl/α,β-unsaturated/α-hetero) is 1. The van der Waals surface area contributed by atoms with E-state index < -0.39 is 24.8 Å². The second-order valence-electron chi connectivity index (χ2n) is 4.05. The number of aromatic nitrogens is 2. The Morgan fingerprint density at radius 3 is 2.53 bits per heavy atom. The van der Waals surface area contributed by atoms with E-state index in [1.54, 1.807) is 12.1 Å². The van der Waals surface area contributed by atoms with Gasteiger partial charge in [0.1, 0.15) is 0 Å². The van der Waals surface area contributed by atoms with E-state index in [9.17, 15) is 18.0 Å². The predicted molar refractivity (Wildman–Crippen MR) is 63.2 cm³/mol. The first-order valence-electron chi connectivity index (χ1n) is 5.66. The fraction of sp³-hybridized carbons (Fsp3) is 0.231. The number of hydrogen-bond donors (Lipinski definition) is 0. The van der Waals surface area contributed by atoms with Crippen LogP contribution < -0.4 is 0 Å². The van der Waals surface area contributed by atoms with Crippen molar-refractivity contribution in [2.24, 2.45) is 0 Å². The van der Waals surface area contributed by atoms with Crippen molar-refractivity contribution < 1.29 is 18.0 Å². The van der Waals surface area contributed by atoms with Crippen LogP contribution in [0.5, 0.6) is 0 Å². The van der Waals surface area contributed by atoms with E-state index in [1.807, 2.05) is 18.2 Å². The minimum atomic E-state index is -4.31. The van der Waals surface area contributed by atoms with Gasteiger partial charge < -0.3 is 0 Å². The number of nitrogens with zero attached hydrogens (tertiary/aromatic N) is 2. The molecule has 0 atom stereocenters. The Hall–Kier alpha value is -2.11. The first kappa shape index (κ1) is 13.3. The molecule has 100 valence electrons. The zero-order valence-electron chi connectivity index (χ0n) is 9.89. The van der Waals surface area contributed by atoms with Gasteiger partial charge in [-0.2, -0.15) is 18.3 Å². The van der Waals surface area contributed by atoms with E-state index in [-0.39, 0.29) is 5.56 Å². The zero-order chi connectivity index (χ0) is 13.9. The van der Waals surface area contributed by atoms with Crippen molar-refractivity contribution in [1.82, 2.24) is 9.78 Å². The summed E-state index contributed by atoms with van der Waals surface area (Å²) in [5.41, 5.74) is 0.936. The van der Waals surface area contributed by atoms with Crippen molar-refractivity contribution in [1.29, 1.82) is 0 Å². The minimum Gasteiger partial charge on any atom is -0.294 e. The van der Waals surface area contributed by atoms with Crippen molar-refractivity contribution in [3.8, 4) is 5.69 Å². The Morgan fingerprint density at radius 2 is 1.89 bits per heavy atom. The Balaban J connectivity index is 2.07. The zero-order valence-corrected chi connectivity index (χ0v) is 9.89. The number of carbonyl (C=O) groups excluding carboxylic acids is 1. The molecule has 19 heavy (non-hydrogen) atoms. The quantitative estimate of drug-likeness (QED) is 0.796. The lowest BCUT2D eigenvalue weighted by Crippen LogP contribution is -2.10. The first-order chi connectivity index (χ1) is 8.96. The smallest absolute Gasteiger partial charge is 0.294 e. The SMILES string of the molecule is O=C(CCC(F)(F)F)c1cnn(-c2ccccc2)c1. The van der Waals surface area contributed by atoms with Crippen molar-refractivity contribution in [2.75, 3.05) is 0 Å². The highest BCUT2D eigenvalue weighted by molar-refractivity contribution is 5.95. The van der Waals surface area contributed by atoms with Gasteiger partial charge in [0.25, 0.3) is 0 Å². The van der Waals surface area contributed by atoms with Gasteiger partial charge in [0.2, 0.25) is 0 Å². The van der Waals surface area contributed by atoms with Crippen LogP contribution in [0, 0.1) is 0 Å². The van der Waals surface area contributed by atoms with Crippen molar-refractivity contribution >= 4 is 5.78 Å². The number of rotatable bonds is 4. The molecule has 6 heteroatoms. The number of para-hydroxylation sites is 1. The number of hydrogen-bond acceptors (Lipinski definition) is 2. The van der Waals surface area contributed by atoms with Gasteiger partial charge in [-0.3, -0.25) is 4.79 Å². The first-order valence-corrected chi connectivity index (χ1v) is 5.66.